The van der Waals surface area contributed by atoms with Crippen molar-refractivity contribution in [3.63, 3.8) is 0 Å². The Morgan fingerprint density at radius 3 is 2.45 bits per heavy atom. The van der Waals surface area contributed by atoms with E-state index in [4.69, 9.17) is 4.74 Å². The third-order valence-electron chi connectivity index (χ3n) is 6.23. The molecule has 0 bridgehead atoms. The number of piperidine rings is 1. The number of sulfonamides is 1. The Kier molecular flexibility index (Phi) is 6.28. The molecule has 0 aliphatic carbocycles. The number of pyridine rings is 1. The average Bonchev–Trinajstić information content (AvgIpc) is 3.14. The summed E-state index contributed by atoms with van der Waals surface area (Å²) in [5.74, 6) is -0.715. The summed E-state index contributed by atoms with van der Waals surface area (Å²) in [6, 6.07) is 11.5. The smallest absolute Gasteiger partial charge is 0.309 e. The number of carbonyl (C=O) groups excluding carboxylic acids is 1. The zero-order valence-corrected chi connectivity index (χ0v) is 19.9. The molecule has 1 aliphatic heterocycles. The van der Waals surface area contributed by atoms with E-state index in [0.29, 0.717) is 28.9 Å². The van der Waals surface area contributed by atoms with Gasteiger partial charge in [0, 0.05) is 31.0 Å². The van der Waals surface area contributed by atoms with E-state index in [9.17, 15) is 18.5 Å². The Labute approximate surface area is 194 Å². The summed E-state index contributed by atoms with van der Waals surface area (Å²) in [6.45, 7) is 6.14. The van der Waals surface area contributed by atoms with Crippen LogP contribution in [0.15, 0.2) is 47.6 Å². The lowest BCUT2D eigenvalue weighted by Crippen LogP contribution is -2.41. The molecule has 1 fully saturated rings. The second-order valence-corrected chi connectivity index (χ2v) is 10.5. The predicted octanol–water partition coefficient (Wildman–Crippen LogP) is 3.88. The van der Waals surface area contributed by atoms with Crippen molar-refractivity contribution in [3.05, 3.63) is 70.5 Å². The van der Waals surface area contributed by atoms with Gasteiger partial charge in [-0.1, -0.05) is 23.8 Å². The van der Waals surface area contributed by atoms with Crippen LogP contribution in [0.1, 0.15) is 40.7 Å². The van der Waals surface area contributed by atoms with Crippen molar-refractivity contribution in [3.8, 4) is 6.07 Å². The van der Waals surface area contributed by atoms with Crippen LogP contribution >= 0.6 is 0 Å². The number of esters is 1. The van der Waals surface area contributed by atoms with Crippen LogP contribution in [-0.2, 0) is 26.2 Å². The van der Waals surface area contributed by atoms with Crippen LogP contribution in [0.2, 0.25) is 0 Å². The number of hydrogen-bond donors (Lipinski definition) is 0. The molecule has 1 aromatic carbocycles. The molecule has 0 saturated carbocycles. The first-order chi connectivity index (χ1) is 15.7. The number of hydrogen-bond acceptors (Lipinski definition) is 5. The molecule has 1 saturated heterocycles. The van der Waals surface area contributed by atoms with E-state index >= 15 is 0 Å². The summed E-state index contributed by atoms with van der Waals surface area (Å²) in [4.78, 5) is 13.0. The Hall–Kier alpha value is -3.15. The van der Waals surface area contributed by atoms with Gasteiger partial charge in [-0.05, 0) is 56.9 Å². The number of benzene rings is 1. The van der Waals surface area contributed by atoms with Crippen molar-refractivity contribution < 1.29 is 17.9 Å². The first-order valence-corrected chi connectivity index (χ1v) is 12.4. The van der Waals surface area contributed by atoms with Crippen molar-refractivity contribution in [2.75, 3.05) is 13.1 Å². The van der Waals surface area contributed by atoms with Crippen LogP contribution in [0, 0.1) is 38.0 Å². The normalized spacial score (nSPS) is 15.5. The molecule has 33 heavy (non-hydrogen) atoms. The topological polar surface area (TPSA) is 91.9 Å². The van der Waals surface area contributed by atoms with Gasteiger partial charge in [-0.2, -0.15) is 9.57 Å². The fraction of sp³-hybridized carbons (Fsp3) is 0.360. The monoisotopic (exact) mass is 465 g/mol. The van der Waals surface area contributed by atoms with Gasteiger partial charge >= 0.3 is 5.97 Å². The molecular weight excluding hydrogens is 438 g/mol. The zero-order valence-electron chi connectivity index (χ0n) is 19.0. The van der Waals surface area contributed by atoms with Crippen LogP contribution in [0.5, 0.6) is 0 Å². The number of ether oxygens (including phenoxy) is 1. The van der Waals surface area contributed by atoms with E-state index in [-0.39, 0.29) is 31.6 Å². The van der Waals surface area contributed by atoms with Crippen LogP contribution < -0.4 is 0 Å². The Bertz CT molecular complexity index is 1340. The molecule has 4 rings (SSSR count). The minimum absolute atomic E-state index is 0.0175. The number of nitrogens with zero attached hydrogens (tertiary/aromatic N) is 3. The molecule has 0 atom stereocenters. The largest absolute Gasteiger partial charge is 0.460 e. The van der Waals surface area contributed by atoms with Crippen LogP contribution in [0.4, 0.5) is 0 Å². The number of fused-ring (bicyclic) bond motifs is 1. The molecule has 2 aromatic heterocycles. The third kappa shape index (κ3) is 4.39. The molecule has 0 radical (unpaired) electrons. The van der Waals surface area contributed by atoms with Crippen molar-refractivity contribution in [2.45, 2.75) is 45.1 Å². The maximum atomic E-state index is 13.3. The third-order valence-corrected chi connectivity index (χ3v) is 8.44. The molecule has 7 nitrogen and oxygen atoms in total. The molecule has 172 valence electrons. The summed E-state index contributed by atoms with van der Waals surface area (Å²) >= 11 is 0. The number of aromatic nitrogens is 1. The highest BCUT2D eigenvalue weighted by atomic mass is 32.2. The summed E-state index contributed by atoms with van der Waals surface area (Å²) in [5, 5.41) is 9.51. The second-order valence-electron chi connectivity index (χ2n) is 8.65. The van der Waals surface area contributed by atoms with Gasteiger partial charge in [0.1, 0.15) is 12.7 Å². The molecule has 8 heteroatoms. The molecule has 0 N–H and O–H groups in total. The molecule has 0 amide bonds. The minimum Gasteiger partial charge on any atom is -0.460 e. The second kappa shape index (κ2) is 9.00. The SMILES string of the molecule is Cc1cc(C)c(S(=O)(=O)N2CCC(C(=O)OCc3cn4ccccc4c3C#N)CC2)c(C)c1. The average molecular weight is 466 g/mol. The number of carbonyl (C=O) groups is 1. The van der Waals surface area contributed by atoms with Gasteiger partial charge in [0.25, 0.3) is 0 Å². The Morgan fingerprint density at radius 1 is 1.15 bits per heavy atom. The van der Waals surface area contributed by atoms with Gasteiger partial charge in [0.15, 0.2) is 0 Å². The fourth-order valence-electron chi connectivity index (χ4n) is 4.72. The van der Waals surface area contributed by atoms with Crippen molar-refractivity contribution in [2.24, 2.45) is 5.92 Å². The van der Waals surface area contributed by atoms with E-state index in [1.54, 1.807) is 6.20 Å². The maximum Gasteiger partial charge on any atom is 0.309 e. The highest BCUT2D eigenvalue weighted by molar-refractivity contribution is 7.89. The quantitative estimate of drug-likeness (QED) is 0.533. The lowest BCUT2D eigenvalue weighted by atomic mass is 9.98. The summed E-state index contributed by atoms with van der Waals surface area (Å²) < 4.78 is 35.3. The van der Waals surface area contributed by atoms with Crippen LogP contribution in [0.3, 0.4) is 0 Å². The van der Waals surface area contributed by atoms with Gasteiger partial charge in [0.2, 0.25) is 10.0 Å². The maximum absolute atomic E-state index is 13.3. The summed E-state index contributed by atoms with van der Waals surface area (Å²) in [7, 11) is -3.63. The van der Waals surface area contributed by atoms with E-state index in [0.717, 1.165) is 22.2 Å². The Morgan fingerprint density at radius 2 is 1.82 bits per heavy atom. The van der Waals surface area contributed by atoms with Crippen LogP contribution in [0.25, 0.3) is 5.52 Å². The van der Waals surface area contributed by atoms with Crippen LogP contribution in [-0.4, -0.2) is 36.2 Å². The van der Waals surface area contributed by atoms with Crippen molar-refractivity contribution in [1.29, 1.82) is 5.26 Å². The standard InChI is InChI=1S/C25H27N3O4S/c1-17-12-18(2)24(19(3)13-17)33(30,31)28-10-7-20(8-11-28)25(29)32-16-21-15-27-9-5-4-6-23(27)22(21)14-26/h4-6,9,12-13,15,20H,7-8,10-11,16H2,1-3H3. The van der Waals surface area contributed by atoms with Crippen molar-refractivity contribution in [1.82, 2.24) is 8.71 Å². The van der Waals surface area contributed by atoms with Gasteiger partial charge in [-0.25, -0.2) is 8.42 Å². The van der Waals surface area contributed by atoms with Gasteiger partial charge in [0.05, 0.1) is 21.9 Å². The molecule has 3 heterocycles. The summed E-state index contributed by atoms with van der Waals surface area (Å²) in [6.07, 6.45) is 4.45. The number of nitriles is 1. The first-order valence-electron chi connectivity index (χ1n) is 11.0. The Balaban J connectivity index is 1.40. The van der Waals surface area contributed by atoms with Crippen molar-refractivity contribution >= 4 is 21.5 Å². The zero-order chi connectivity index (χ0) is 23.8. The number of rotatable bonds is 5. The van der Waals surface area contributed by atoms with E-state index < -0.39 is 10.0 Å². The molecule has 0 unspecified atom stereocenters. The minimum atomic E-state index is -3.63. The van der Waals surface area contributed by atoms with E-state index in [1.807, 2.05) is 61.7 Å². The van der Waals surface area contributed by atoms with Gasteiger partial charge in [-0.15, -0.1) is 0 Å². The summed E-state index contributed by atoms with van der Waals surface area (Å²) in [5.41, 5.74) is 4.42. The molecular formula is C25H27N3O4S. The first kappa shape index (κ1) is 23.0. The predicted molar refractivity (Wildman–Crippen MR) is 124 cm³/mol. The lowest BCUT2D eigenvalue weighted by Gasteiger charge is -2.31. The highest BCUT2D eigenvalue weighted by Gasteiger charge is 2.34. The van der Waals surface area contributed by atoms with E-state index in [2.05, 4.69) is 6.07 Å². The molecule has 3 aromatic rings. The molecule has 1 aliphatic rings. The molecule has 0 spiro atoms. The highest BCUT2D eigenvalue weighted by Crippen LogP contribution is 2.29. The fourth-order valence-corrected chi connectivity index (χ4v) is 6.60. The van der Waals surface area contributed by atoms with Gasteiger partial charge in [-0.3, -0.25) is 4.79 Å². The van der Waals surface area contributed by atoms with Gasteiger partial charge < -0.3 is 9.14 Å². The number of aryl methyl sites for hydroxylation is 3. The van der Waals surface area contributed by atoms with E-state index in [1.165, 1.54) is 4.31 Å². The lowest BCUT2D eigenvalue weighted by molar-refractivity contribution is -0.151.